The van der Waals surface area contributed by atoms with E-state index in [4.69, 9.17) is 9.47 Å². The maximum atomic E-state index is 9.27. The van der Waals surface area contributed by atoms with Gasteiger partial charge in [0.2, 0.25) is 0 Å². The van der Waals surface area contributed by atoms with Crippen molar-refractivity contribution in [2.75, 3.05) is 38.4 Å². The van der Waals surface area contributed by atoms with Gasteiger partial charge in [0.15, 0.2) is 0 Å². The van der Waals surface area contributed by atoms with E-state index in [9.17, 15) is 5.11 Å². The van der Waals surface area contributed by atoms with Crippen LogP contribution in [0, 0.1) is 0 Å². The molecule has 26 heavy (non-hydrogen) atoms. The Morgan fingerprint density at radius 1 is 0.731 bits per heavy atom. The zero-order valence-corrected chi connectivity index (χ0v) is 18.5. The molecular formula is C22H46O3S. The van der Waals surface area contributed by atoms with E-state index in [1.807, 2.05) is 11.8 Å². The minimum Gasteiger partial charge on any atom is -0.394 e. The van der Waals surface area contributed by atoms with Crippen LogP contribution in [0.2, 0.25) is 0 Å². The van der Waals surface area contributed by atoms with Crippen molar-refractivity contribution in [3.05, 3.63) is 0 Å². The fourth-order valence-electron chi connectivity index (χ4n) is 3.07. The molecular weight excluding hydrogens is 344 g/mol. The molecule has 0 aromatic rings. The first kappa shape index (κ1) is 26.2. The summed E-state index contributed by atoms with van der Waals surface area (Å²) >= 11 is 1.90. The first-order valence-electron chi connectivity index (χ1n) is 11.1. The van der Waals surface area contributed by atoms with Gasteiger partial charge < -0.3 is 14.6 Å². The lowest BCUT2D eigenvalue weighted by atomic mass is 10.0. The maximum absolute atomic E-state index is 9.27. The van der Waals surface area contributed by atoms with E-state index in [1.54, 1.807) is 7.11 Å². The number of thioether (sulfide) groups is 1. The molecule has 1 unspecified atom stereocenters. The quantitative estimate of drug-likeness (QED) is 0.223. The van der Waals surface area contributed by atoms with E-state index in [1.165, 1.54) is 95.6 Å². The van der Waals surface area contributed by atoms with Crippen LogP contribution >= 0.6 is 11.8 Å². The molecule has 0 aliphatic carbocycles. The molecule has 4 heteroatoms. The normalized spacial score (nSPS) is 12.6. The van der Waals surface area contributed by atoms with Crippen LogP contribution in [-0.4, -0.2) is 49.6 Å². The molecule has 0 spiro atoms. The third kappa shape index (κ3) is 20.5. The summed E-state index contributed by atoms with van der Waals surface area (Å²) in [5, 5.41) is 9.27. The molecule has 1 N–H and O–H groups in total. The molecule has 0 heterocycles. The van der Waals surface area contributed by atoms with Crippen molar-refractivity contribution >= 4 is 11.8 Å². The van der Waals surface area contributed by atoms with Crippen molar-refractivity contribution in [3.8, 4) is 0 Å². The summed E-state index contributed by atoms with van der Waals surface area (Å²) in [5.74, 6) is 2.07. The average molecular weight is 391 g/mol. The number of unbranched alkanes of at least 4 members (excludes halogenated alkanes) is 13. The highest BCUT2D eigenvalue weighted by molar-refractivity contribution is 7.99. The fraction of sp³-hybridized carbons (Fsp3) is 1.00. The minimum absolute atomic E-state index is 0.0400. The smallest absolute Gasteiger partial charge is 0.0896 e. The Balaban J connectivity index is 3.14. The van der Waals surface area contributed by atoms with Gasteiger partial charge in [-0.3, -0.25) is 0 Å². The van der Waals surface area contributed by atoms with Crippen LogP contribution in [0.4, 0.5) is 0 Å². The Bertz CT molecular complexity index is 252. The highest BCUT2D eigenvalue weighted by Crippen LogP contribution is 2.14. The number of rotatable bonds is 22. The Morgan fingerprint density at radius 3 is 1.69 bits per heavy atom. The molecule has 0 fully saturated rings. The van der Waals surface area contributed by atoms with E-state index in [0.29, 0.717) is 13.2 Å². The van der Waals surface area contributed by atoms with Crippen LogP contribution in [0.25, 0.3) is 0 Å². The van der Waals surface area contributed by atoms with Crippen molar-refractivity contribution in [2.45, 2.75) is 103 Å². The number of hydrogen-bond acceptors (Lipinski definition) is 4. The largest absolute Gasteiger partial charge is 0.394 e. The van der Waals surface area contributed by atoms with Gasteiger partial charge >= 0.3 is 0 Å². The number of aliphatic hydroxyl groups excluding tert-OH is 1. The van der Waals surface area contributed by atoms with E-state index >= 15 is 0 Å². The lowest BCUT2D eigenvalue weighted by Crippen LogP contribution is -2.22. The topological polar surface area (TPSA) is 38.7 Å². The molecule has 3 nitrogen and oxygen atoms in total. The Labute approximate surface area is 168 Å². The molecule has 0 aromatic heterocycles. The van der Waals surface area contributed by atoms with Crippen molar-refractivity contribution in [1.82, 2.24) is 0 Å². The average Bonchev–Trinajstić information content (AvgIpc) is 2.66. The van der Waals surface area contributed by atoms with Crippen LogP contribution in [0.5, 0.6) is 0 Å². The van der Waals surface area contributed by atoms with Gasteiger partial charge in [0.25, 0.3) is 0 Å². The molecule has 0 saturated carbocycles. The van der Waals surface area contributed by atoms with Crippen LogP contribution < -0.4 is 0 Å². The van der Waals surface area contributed by atoms with Gasteiger partial charge in [0, 0.05) is 12.9 Å². The molecule has 0 rings (SSSR count). The van der Waals surface area contributed by atoms with Crippen LogP contribution in [0.3, 0.4) is 0 Å². The summed E-state index contributed by atoms with van der Waals surface area (Å²) in [6.45, 7) is 3.56. The summed E-state index contributed by atoms with van der Waals surface area (Å²) < 4.78 is 10.5. The maximum Gasteiger partial charge on any atom is 0.0896 e. The van der Waals surface area contributed by atoms with Crippen molar-refractivity contribution in [2.24, 2.45) is 0 Å². The molecule has 0 aliphatic rings. The lowest BCUT2D eigenvalue weighted by Gasteiger charge is -2.14. The molecule has 0 radical (unpaired) electrons. The number of hydrogen-bond donors (Lipinski definition) is 1. The standard InChI is InChI=1S/C22H46O3S/c1-3-4-5-6-7-8-9-10-11-12-13-14-15-16-19-26-21-22(20-23)25-18-17-24-2/h22-23H,3-21H2,1-2H3. The lowest BCUT2D eigenvalue weighted by molar-refractivity contribution is 0.00140. The summed E-state index contributed by atoms with van der Waals surface area (Å²) in [7, 11) is 1.67. The highest BCUT2D eigenvalue weighted by Gasteiger charge is 2.07. The van der Waals surface area contributed by atoms with E-state index in [2.05, 4.69) is 6.92 Å². The fourth-order valence-corrected chi connectivity index (χ4v) is 4.10. The third-order valence-corrected chi connectivity index (χ3v) is 5.98. The second kappa shape index (κ2) is 23.3. The Kier molecular flexibility index (Phi) is 23.5. The Morgan fingerprint density at radius 2 is 1.23 bits per heavy atom. The van der Waals surface area contributed by atoms with E-state index in [-0.39, 0.29) is 12.7 Å². The van der Waals surface area contributed by atoms with Crippen molar-refractivity contribution in [3.63, 3.8) is 0 Å². The van der Waals surface area contributed by atoms with Crippen LogP contribution in [0.15, 0.2) is 0 Å². The van der Waals surface area contributed by atoms with E-state index < -0.39 is 0 Å². The van der Waals surface area contributed by atoms with Gasteiger partial charge in [-0.25, -0.2) is 0 Å². The molecule has 0 bridgehead atoms. The van der Waals surface area contributed by atoms with Gasteiger partial charge in [-0.2, -0.15) is 11.8 Å². The second-order valence-corrected chi connectivity index (χ2v) is 8.49. The summed E-state index contributed by atoms with van der Waals surface area (Å²) in [5.41, 5.74) is 0. The molecule has 0 amide bonds. The number of methoxy groups -OCH3 is 1. The highest BCUT2D eigenvalue weighted by atomic mass is 32.2. The first-order valence-corrected chi connectivity index (χ1v) is 12.3. The van der Waals surface area contributed by atoms with Gasteiger partial charge in [-0.15, -0.1) is 0 Å². The molecule has 0 saturated heterocycles. The molecule has 158 valence electrons. The molecule has 0 aliphatic heterocycles. The summed E-state index contributed by atoms with van der Waals surface area (Å²) in [4.78, 5) is 0. The first-order chi connectivity index (χ1) is 12.8. The second-order valence-electron chi connectivity index (χ2n) is 7.34. The predicted octanol–water partition coefficient (Wildman–Crippen LogP) is 6.22. The SMILES string of the molecule is CCCCCCCCCCCCCCCCSCC(CO)OCCOC. The van der Waals surface area contributed by atoms with Gasteiger partial charge in [-0.05, 0) is 12.2 Å². The van der Waals surface area contributed by atoms with Crippen LogP contribution in [-0.2, 0) is 9.47 Å². The molecule has 0 aromatic carbocycles. The van der Waals surface area contributed by atoms with Gasteiger partial charge in [0.1, 0.15) is 0 Å². The summed E-state index contributed by atoms with van der Waals surface area (Å²) in [6, 6.07) is 0. The third-order valence-electron chi connectivity index (χ3n) is 4.79. The monoisotopic (exact) mass is 390 g/mol. The van der Waals surface area contributed by atoms with Crippen molar-refractivity contribution < 1.29 is 14.6 Å². The zero-order valence-electron chi connectivity index (χ0n) is 17.7. The van der Waals surface area contributed by atoms with Crippen LogP contribution in [0.1, 0.15) is 96.8 Å². The molecule has 1 atom stereocenters. The van der Waals surface area contributed by atoms with Gasteiger partial charge in [0.05, 0.1) is 25.9 Å². The van der Waals surface area contributed by atoms with Crippen molar-refractivity contribution in [1.29, 1.82) is 0 Å². The zero-order chi connectivity index (χ0) is 19.1. The minimum atomic E-state index is -0.0400. The predicted molar refractivity (Wildman–Crippen MR) is 116 cm³/mol. The summed E-state index contributed by atoms with van der Waals surface area (Å²) in [6.07, 6.45) is 19.7. The van der Waals surface area contributed by atoms with Gasteiger partial charge in [-0.1, -0.05) is 90.4 Å². The number of aliphatic hydroxyl groups is 1. The number of ether oxygens (including phenoxy) is 2. The Hall–Kier alpha value is 0.230. The van der Waals surface area contributed by atoms with E-state index in [0.717, 1.165) is 5.75 Å².